The van der Waals surface area contributed by atoms with E-state index in [1.54, 1.807) is 12.1 Å². The van der Waals surface area contributed by atoms with Crippen LogP contribution in [0.3, 0.4) is 0 Å². The summed E-state index contributed by atoms with van der Waals surface area (Å²) in [5.41, 5.74) is 0.0774. The third kappa shape index (κ3) is 3.46. The number of amides is 1. The first-order valence-electron chi connectivity index (χ1n) is 7.02. The molecule has 2 aromatic heterocycles. The number of hydrogen-bond donors (Lipinski definition) is 1. The smallest absolute Gasteiger partial charge is 0.270 e. The molecule has 0 radical (unpaired) electrons. The summed E-state index contributed by atoms with van der Waals surface area (Å²) in [5.74, 6) is 0.760. The molecule has 0 bridgehead atoms. The van der Waals surface area contributed by atoms with Crippen molar-refractivity contribution in [3.8, 4) is 11.6 Å². The van der Waals surface area contributed by atoms with Crippen LogP contribution in [-0.2, 0) is 6.42 Å². The maximum atomic E-state index is 12.0. The van der Waals surface area contributed by atoms with Crippen LogP contribution in [0.4, 0.5) is 5.69 Å². The van der Waals surface area contributed by atoms with Gasteiger partial charge < -0.3 is 14.3 Å². The molecule has 0 aliphatic rings. The summed E-state index contributed by atoms with van der Waals surface area (Å²) in [7, 11) is 0. The Morgan fingerprint density at radius 2 is 2.17 bits per heavy atom. The molecule has 0 atom stereocenters. The fourth-order valence-electron chi connectivity index (χ4n) is 2.01. The molecule has 9 nitrogen and oxygen atoms in total. The lowest BCUT2D eigenvalue weighted by Gasteiger charge is -2.03. The first-order valence-corrected chi connectivity index (χ1v) is 7.02. The molecule has 0 aliphatic carbocycles. The first kappa shape index (κ1) is 15.4. The van der Waals surface area contributed by atoms with Crippen LogP contribution in [0.25, 0.3) is 11.6 Å². The van der Waals surface area contributed by atoms with E-state index in [0.29, 0.717) is 23.9 Å². The molecule has 0 fully saturated rings. The van der Waals surface area contributed by atoms with Gasteiger partial charge in [-0.3, -0.25) is 14.9 Å². The van der Waals surface area contributed by atoms with E-state index >= 15 is 0 Å². The molecule has 0 saturated carbocycles. The monoisotopic (exact) mass is 328 g/mol. The number of nitro benzene ring substituents is 1. The van der Waals surface area contributed by atoms with E-state index < -0.39 is 10.8 Å². The van der Waals surface area contributed by atoms with Gasteiger partial charge in [0.2, 0.25) is 11.7 Å². The van der Waals surface area contributed by atoms with Gasteiger partial charge in [0.1, 0.15) is 0 Å². The second kappa shape index (κ2) is 6.73. The highest BCUT2D eigenvalue weighted by molar-refractivity contribution is 5.94. The zero-order chi connectivity index (χ0) is 16.9. The van der Waals surface area contributed by atoms with Crippen LogP contribution < -0.4 is 5.32 Å². The van der Waals surface area contributed by atoms with Gasteiger partial charge >= 0.3 is 0 Å². The van der Waals surface area contributed by atoms with Crippen LogP contribution in [0.5, 0.6) is 0 Å². The number of carbonyl (C=O) groups excluding carboxylic acids is 1. The van der Waals surface area contributed by atoms with Crippen molar-refractivity contribution in [3.05, 3.63) is 64.2 Å². The number of rotatable bonds is 6. The van der Waals surface area contributed by atoms with Crippen molar-refractivity contribution < 1.29 is 18.7 Å². The molecule has 0 saturated heterocycles. The van der Waals surface area contributed by atoms with Gasteiger partial charge in [-0.15, -0.1) is 0 Å². The van der Waals surface area contributed by atoms with Gasteiger partial charge in [-0.1, -0.05) is 11.2 Å². The molecule has 2 heterocycles. The number of nitrogens with zero attached hydrogens (tertiary/aromatic N) is 3. The molecule has 24 heavy (non-hydrogen) atoms. The van der Waals surface area contributed by atoms with Crippen LogP contribution in [0.1, 0.15) is 16.2 Å². The van der Waals surface area contributed by atoms with E-state index in [4.69, 9.17) is 8.94 Å². The minimum Gasteiger partial charge on any atom is -0.461 e. The molecule has 1 N–H and O–H groups in total. The quantitative estimate of drug-likeness (QED) is 0.543. The Labute approximate surface area is 135 Å². The molecule has 0 unspecified atom stereocenters. The van der Waals surface area contributed by atoms with Gasteiger partial charge in [-0.05, 0) is 18.2 Å². The Morgan fingerprint density at radius 1 is 1.29 bits per heavy atom. The summed E-state index contributed by atoms with van der Waals surface area (Å²) in [6, 6.07) is 8.93. The van der Waals surface area contributed by atoms with Gasteiger partial charge in [0.25, 0.3) is 11.6 Å². The normalized spacial score (nSPS) is 10.5. The molecule has 1 amide bonds. The Kier molecular flexibility index (Phi) is 4.32. The number of nitrogens with one attached hydrogen (secondary N) is 1. The van der Waals surface area contributed by atoms with Crippen molar-refractivity contribution in [2.24, 2.45) is 0 Å². The fraction of sp³-hybridized carbons (Fsp3) is 0.133. The zero-order valence-corrected chi connectivity index (χ0v) is 12.3. The van der Waals surface area contributed by atoms with Crippen molar-refractivity contribution in [2.75, 3.05) is 6.54 Å². The van der Waals surface area contributed by atoms with E-state index in [2.05, 4.69) is 15.5 Å². The van der Waals surface area contributed by atoms with E-state index in [-0.39, 0.29) is 17.8 Å². The summed E-state index contributed by atoms with van der Waals surface area (Å²) < 4.78 is 10.2. The molecule has 3 rings (SSSR count). The van der Waals surface area contributed by atoms with Gasteiger partial charge in [-0.25, -0.2) is 0 Å². The predicted molar refractivity (Wildman–Crippen MR) is 81.1 cm³/mol. The number of benzene rings is 1. The minimum atomic E-state index is -0.550. The first-order chi connectivity index (χ1) is 11.6. The molecule has 0 aliphatic heterocycles. The van der Waals surface area contributed by atoms with E-state index in [0.717, 1.165) is 0 Å². The number of nitro groups is 1. The molecular formula is C15H12N4O5. The van der Waals surface area contributed by atoms with Crippen molar-refractivity contribution in [1.29, 1.82) is 0 Å². The molecule has 122 valence electrons. The van der Waals surface area contributed by atoms with Crippen LogP contribution in [0.15, 0.2) is 51.6 Å². The summed E-state index contributed by atoms with van der Waals surface area (Å²) in [6.45, 7) is 0.251. The fourth-order valence-corrected chi connectivity index (χ4v) is 2.01. The van der Waals surface area contributed by atoms with Crippen LogP contribution in [0, 0.1) is 10.1 Å². The van der Waals surface area contributed by atoms with Crippen molar-refractivity contribution in [3.63, 3.8) is 0 Å². The number of non-ortho nitro benzene ring substituents is 1. The van der Waals surface area contributed by atoms with Gasteiger partial charge in [-0.2, -0.15) is 4.98 Å². The second-order valence-corrected chi connectivity index (χ2v) is 4.80. The third-order valence-corrected chi connectivity index (χ3v) is 3.15. The predicted octanol–water partition coefficient (Wildman–Crippen LogP) is 2.21. The highest BCUT2D eigenvalue weighted by atomic mass is 16.6. The van der Waals surface area contributed by atoms with Crippen molar-refractivity contribution in [1.82, 2.24) is 15.5 Å². The summed E-state index contributed by atoms with van der Waals surface area (Å²) in [4.78, 5) is 26.3. The SMILES string of the molecule is O=C(NCCc1nc(-c2ccco2)no1)c1cccc([N+](=O)[O-])c1. The molecule has 0 spiro atoms. The summed E-state index contributed by atoms with van der Waals surface area (Å²) >= 11 is 0. The van der Waals surface area contributed by atoms with Gasteiger partial charge in [0.15, 0.2) is 5.76 Å². The van der Waals surface area contributed by atoms with E-state index in [1.165, 1.54) is 30.5 Å². The van der Waals surface area contributed by atoms with Crippen LogP contribution >= 0.6 is 0 Å². The Bertz CT molecular complexity index is 856. The van der Waals surface area contributed by atoms with Crippen LogP contribution in [0.2, 0.25) is 0 Å². The average Bonchev–Trinajstić information content (AvgIpc) is 3.26. The van der Waals surface area contributed by atoms with Crippen molar-refractivity contribution >= 4 is 11.6 Å². The maximum Gasteiger partial charge on any atom is 0.270 e. The average molecular weight is 328 g/mol. The van der Waals surface area contributed by atoms with Crippen molar-refractivity contribution in [2.45, 2.75) is 6.42 Å². The largest absolute Gasteiger partial charge is 0.461 e. The Balaban J connectivity index is 1.55. The Morgan fingerprint density at radius 3 is 2.92 bits per heavy atom. The topological polar surface area (TPSA) is 124 Å². The van der Waals surface area contributed by atoms with Crippen LogP contribution in [-0.4, -0.2) is 27.5 Å². The number of hydrogen-bond acceptors (Lipinski definition) is 7. The standard InChI is InChI=1S/C15H12N4O5/c20-15(10-3-1-4-11(9-10)19(21)22)16-7-6-13-17-14(18-24-13)12-5-2-8-23-12/h1-5,8-9H,6-7H2,(H,16,20). The molecule has 1 aromatic carbocycles. The van der Waals surface area contributed by atoms with E-state index in [9.17, 15) is 14.9 Å². The Hall–Kier alpha value is -3.49. The van der Waals surface area contributed by atoms with Gasteiger partial charge in [0, 0.05) is 30.7 Å². The minimum absolute atomic E-state index is 0.136. The third-order valence-electron chi connectivity index (χ3n) is 3.15. The lowest BCUT2D eigenvalue weighted by Crippen LogP contribution is -2.25. The molecular weight excluding hydrogens is 316 g/mol. The van der Waals surface area contributed by atoms with E-state index in [1.807, 2.05) is 0 Å². The highest BCUT2D eigenvalue weighted by Crippen LogP contribution is 2.16. The second-order valence-electron chi connectivity index (χ2n) is 4.80. The molecule has 3 aromatic rings. The summed E-state index contributed by atoms with van der Waals surface area (Å²) in [5, 5.41) is 17.1. The molecule has 9 heteroatoms. The number of carbonyl (C=O) groups is 1. The lowest BCUT2D eigenvalue weighted by atomic mass is 10.2. The summed E-state index contributed by atoms with van der Waals surface area (Å²) in [6.07, 6.45) is 1.83. The zero-order valence-electron chi connectivity index (χ0n) is 12.3. The highest BCUT2D eigenvalue weighted by Gasteiger charge is 2.13. The number of aromatic nitrogens is 2. The van der Waals surface area contributed by atoms with Gasteiger partial charge in [0.05, 0.1) is 11.2 Å². The maximum absolute atomic E-state index is 12.0. The number of furan rings is 1. The lowest BCUT2D eigenvalue weighted by molar-refractivity contribution is -0.384.